The highest BCUT2D eigenvalue weighted by Crippen LogP contribution is 2.18. The monoisotopic (exact) mass is 399 g/mol. The largest absolute Gasteiger partial charge is 0.489 e. The van der Waals surface area contributed by atoms with Crippen LogP contribution in [0.4, 0.5) is 4.39 Å². The molecule has 0 bridgehead atoms. The Morgan fingerprint density at radius 2 is 1.81 bits per heavy atom. The standard InChI is InChI=1S/C17H19FINO/c1-12(2)20-10-14-7-15(18)9-17(8-14)21-11-13-3-5-16(19)6-4-13/h3-9,12,20H,10-11H2,1-2H3. The minimum absolute atomic E-state index is 0.268. The molecule has 2 aromatic carbocycles. The first kappa shape index (κ1) is 16.2. The Bertz CT molecular complexity index is 584. The van der Waals surface area contributed by atoms with E-state index in [-0.39, 0.29) is 5.82 Å². The van der Waals surface area contributed by atoms with Gasteiger partial charge in [0, 0.05) is 22.2 Å². The molecule has 4 heteroatoms. The predicted octanol–water partition coefficient (Wildman–Crippen LogP) is 4.51. The van der Waals surface area contributed by atoms with Crippen molar-refractivity contribution < 1.29 is 9.13 Å². The van der Waals surface area contributed by atoms with Crippen LogP contribution in [-0.4, -0.2) is 6.04 Å². The summed E-state index contributed by atoms with van der Waals surface area (Å²) in [4.78, 5) is 0. The van der Waals surface area contributed by atoms with Gasteiger partial charge in [-0.15, -0.1) is 0 Å². The highest BCUT2D eigenvalue weighted by molar-refractivity contribution is 14.1. The summed E-state index contributed by atoms with van der Waals surface area (Å²) >= 11 is 2.26. The number of nitrogens with one attached hydrogen (secondary N) is 1. The van der Waals surface area contributed by atoms with Gasteiger partial charge < -0.3 is 10.1 Å². The molecule has 2 rings (SSSR count). The number of halogens is 2. The molecule has 2 aromatic rings. The summed E-state index contributed by atoms with van der Waals surface area (Å²) in [5.74, 6) is 0.296. The quantitative estimate of drug-likeness (QED) is 0.722. The van der Waals surface area contributed by atoms with E-state index >= 15 is 0 Å². The van der Waals surface area contributed by atoms with E-state index in [9.17, 15) is 4.39 Å². The van der Waals surface area contributed by atoms with E-state index in [2.05, 4.69) is 41.8 Å². The fourth-order valence-electron chi connectivity index (χ4n) is 1.88. The molecule has 0 aliphatic rings. The summed E-state index contributed by atoms with van der Waals surface area (Å²) < 4.78 is 20.5. The molecule has 0 atom stereocenters. The molecule has 0 saturated heterocycles. The maximum Gasteiger partial charge on any atom is 0.127 e. The van der Waals surface area contributed by atoms with Crippen LogP contribution in [0, 0.1) is 9.39 Å². The van der Waals surface area contributed by atoms with Gasteiger partial charge in [0.25, 0.3) is 0 Å². The van der Waals surface area contributed by atoms with Crippen LogP contribution in [0.1, 0.15) is 25.0 Å². The van der Waals surface area contributed by atoms with E-state index < -0.39 is 0 Å². The molecule has 0 fully saturated rings. The highest BCUT2D eigenvalue weighted by Gasteiger charge is 2.03. The number of benzene rings is 2. The van der Waals surface area contributed by atoms with Crippen LogP contribution in [-0.2, 0) is 13.2 Å². The van der Waals surface area contributed by atoms with Crippen molar-refractivity contribution >= 4 is 22.6 Å². The molecular weight excluding hydrogens is 380 g/mol. The lowest BCUT2D eigenvalue weighted by Crippen LogP contribution is -2.21. The minimum Gasteiger partial charge on any atom is -0.489 e. The Morgan fingerprint density at radius 1 is 1.10 bits per heavy atom. The van der Waals surface area contributed by atoms with E-state index in [4.69, 9.17) is 4.74 Å². The second-order valence-corrected chi connectivity index (χ2v) is 6.49. The summed E-state index contributed by atoms with van der Waals surface area (Å²) in [6.45, 7) is 5.20. The number of ether oxygens (including phenoxy) is 1. The third kappa shape index (κ3) is 5.63. The lowest BCUT2D eigenvalue weighted by atomic mass is 10.2. The summed E-state index contributed by atoms with van der Waals surface area (Å²) in [7, 11) is 0. The van der Waals surface area contributed by atoms with Crippen LogP contribution in [0.25, 0.3) is 0 Å². The first-order chi connectivity index (χ1) is 10.0. The van der Waals surface area contributed by atoms with Crippen LogP contribution in [0.3, 0.4) is 0 Å². The first-order valence-corrected chi connectivity index (χ1v) is 8.01. The van der Waals surface area contributed by atoms with E-state index in [0.717, 1.165) is 11.1 Å². The summed E-state index contributed by atoms with van der Waals surface area (Å²) in [5, 5.41) is 3.27. The Morgan fingerprint density at radius 3 is 2.48 bits per heavy atom. The molecule has 0 amide bonds. The van der Waals surface area contributed by atoms with E-state index in [1.165, 1.54) is 15.7 Å². The molecular formula is C17H19FINO. The van der Waals surface area contributed by atoms with Gasteiger partial charge >= 0.3 is 0 Å². The van der Waals surface area contributed by atoms with Crippen LogP contribution in [0.2, 0.25) is 0 Å². The van der Waals surface area contributed by atoms with Gasteiger partial charge in [-0.2, -0.15) is 0 Å². The molecule has 21 heavy (non-hydrogen) atoms. The number of hydrogen-bond acceptors (Lipinski definition) is 2. The lowest BCUT2D eigenvalue weighted by Gasteiger charge is -2.11. The van der Waals surface area contributed by atoms with Crippen molar-refractivity contribution in [1.82, 2.24) is 5.32 Å². The molecule has 0 spiro atoms. The summed E-state index contributed by atoms with van der Waals surface area (Å²) in [6, 6.07) is 13.3. The molecule has 0 saturated carbocycles. The van der Waals surface area contributed by atoms with Gasteiger partial charge in [-0.1, -0.05) is 26.0 Å². The molecule has 0 heterocycles. The van der Waals surface area contributed by atoms with E-state index in [0.29, 0.717) is 24.9 Å². The lowest BCUT2D eigenvalue weighted by molar-refractivity contribution is 0.304. The van der Waals surface area contributed by atoms with Gasteiger partial charge in [-0.3, -0.25) is 0 Å². The van der Waals surface area contributed by atoms with Crippen molar-refractivity contribution in [2.45, 2.75) is 33.0 Å². The minimum atomic E-state index is -0.268. The van der Waals surface area contributed by atoms with Gasteiger partial charge in [0.15, 0.2) is 0 Å². The van der Waals surface area contributed by atoms with Gasteiger partial charge in [-0.25, -0.2) is 4.39 Å². The molecule has 112 valence electrons. The van der Waals surface area contributed by atoms with E-state index in [1.807, 2.05) is 30.3 Å². The average Bonchev–Trinajstić information content (AvgIpc) is 2.44. The molecule has 0 aromatic heterocycles. The summed E-state index contributed by atoms with van der Waals surface area (Å²) in [6.07, 6.45) is 0. The van der Waals surface area contributed by atoms with Crippen LogP contribution in [0.15, 0.2) is 42.5 Å². The average molecular weight is 399 g/mol. The molecule has 0 unspecified atom stereocenters. The van der Waals surface area contributed by atoms with Gasteiger partial charge in [0.05, 0.1) is 0 Å². The van der Waals surface area contributed by atoms with E-state index in [1.54, 1.807) is 0 Å². The topological polar surface area (TPSA) is 21.3 Å². The summed E-state index contributed by atoms with van der Waals surface area (Å²) in [5.41, 5.74) is 1.96. The Labute approximate surface area is 138 Å². The van der Waals surface area contributed by atoms with Crippen molar-refractivity contribution in [3.63, 3.8) is 0 Å². The fourth-order valence-corrected chi connectivity index (χ4v) is 2.23. The number of rotatable bonds is 6. The molecule has 1 N–H and O–H groups in total. The van der Waals surface area contributed by atoms with Gasteiger partial charge in [-0.05, 0) is 58.0 Å². The second-order valence-electron chi connectivity index (χ2n) is 5.25. The van der Waals surface area contributed by atoms with Crippen LogP contribution >= 0.6 is 22.6 Å². The van der Waals surface area contributed by atoms with Gasteiger partial charge in [0.1, 0.15) is 18.2 Å². The normalized spacial score (nSPS) is 10.9. The van der Waals surface area contributed by atoms with Crippen molar-refractivity contribution in [3.05, 3.63) is 63.0 Å². The van der Waals surface area contributed by atoms with Gasteiger partial charge in [0.2, 0.25) is 0 Å². The Balaban J connectivity index is 2.00. The maximum absolute atomic E-state index is 13.6. The number of hydrogen-bond donors (Lipinski definition) is 1. The van der Waals surface area contributed by atoms with Crippen molar-refractivity contribution in [1.29, 1.82) is 0 Å². The zero-order valence-corrected chi connectivity index (χ0v) is 14.4. The SMILES string of the molecule is CC(C)NCc1cc(F)cc(OCc2ccc(I)cc2)c1. The molecule has 0 aliphatic carbocycles. The molecule has 0 aliphatic heterocycles. The zero-order valence-electron chi connectivity index (χ0n) is 12.2. The fraction of sp³-hybridized carbons (Fsp3) is 0.294. The Kier molecular flexibility index (Phi) is 5.99. The van der Waals surface area contributed by atoms with Crippen molar-refractivity contribution in [3.8, 4) is 5.75 Å². The molecule has 2 nitrogen and oxygen atoms in total. The smallest absolute Gasteiger partial charge is 0.127 e. The van der Waals surface area contributed by atoms with Crippen molar-refractivity contribution in [2.75, 3.05) is 0 Å². The van der Waals surface area contributed by atoms with Crippen LogP contribution in [0.5, 0.6) is 5.75 Å². The van der Waals surface area contributed by atoms with Crippen molar-refractivity contribution in [2.24, 2.45) is 0 Å². The predicted molar refractivity (Wildman–Crippen MR) is 91.9 cm³/mol. The molecule has 0 radical (unpaired) electrons. The third-order valence-electron chi connectivity index (χ3n) is 2.96. The first-order valence-electron chi connectivity index (χ1n) is 6.93. The zero-order chi connectivity index (χ0) is 15.2. The highest BCUT2D eigenvalue weighted by atomic mass is 127. The Hall–Kier alpha value is -1.14. The second kappa shape index (κ2) is 7.75. The van der Waals surface area contributed by atoms with Crippen LogP contribution < -0.4 is 10.1 Å². The third-order valence-corrected chi connectivity index (χ3v) is 3.68. The maximum atomic E-state index is 13.6.